The lowest BCUT2D eigenvalue weighted by atomic mass is 10.0. The maximum absolute atomic E-state index is 11.2. The summed E-state index contributed by atoms with van der Waals surface area (Å²) < 4.78 is 0. The van der Waals surface area contributed by atoms with Gasteiger partial charge in [-0.05, 0) is 25.8 Å². The number of nitrogens with one attached hydrogen (secondary N) is 1. The fraction of sp³-hybridized carbons (Fsp3) is 0.462. The molecule has 0 bridgehead atoms. The number of aryl methyl sites for hydroxylation is 1. The van der Waals surface area contributed by atoms with Gasteiger partial charge >= 0.3 is 5.97 Å². The van der Waals surface area contributed by atoms with Gasteiger partial charge in [0.05, 0.1) is 0 Å². The van der Waals surface area contributed by atoms with Crippen LogP contribution in [0.5, 0.6) is 0 Å². The maximum Gasteiger partial charge on any atom is 0.325 e. The Morgan fingerprint density at radius 1 is 1.50 bits per heavy atom. The highest BCUT2D eigenvalue weighted by molar-refractivity contribution is 5.75. The molecule has 0 aromatic heterocycles. The molecular weight excluding hydrogens is 202 g/mol. The Hall–Kier alpha value is -1.35. The Labute approximate surface area is 96.5 Å². The maximum atomic E-state index is 11.2. The molecule has 2 N–H and O–H groups in total. The van der Waals surface area contributed by atoms with E-state index in [4.69, 9.17) is 0 Å². The largest absolute Gasteiger partial charge is 0.480 e. The molecule has 88 valence electrons. The first-order chi connectivity index (χ1) is 7.54. The second-order valence-corrected chi connectivity index (χ2v) is 4.16. The molecule has 1 aromatic rings. The van der Waals surface area contributed by atoms with Crippen molar-refractivity contribution in [2.24, 2.45) is 0 Å². The minimum atomic E-state index is -0.828. The normalized spacial score (nSPS) is 14.4. The average Bonchev–Trinajstić information content (AvgIpc) is 2.25. The summed E-state index contributed by atoms with van der Waals surface area (Å²) >= 11 is 0. The van der Waals surface area contributed by atoms with Gasteiger partial charge in [0.2, 0.25) is 0 Å². The number of aliphatic carboxylic acids is 1. The summed E-state index contributed by atoms with van der Waals surface area (Å²) in [6.45, 7) is 5.99. The van der Waals surface area contributed by atoms with E-state index >= 15 is 0 Å². The van der Waals surface area contributed by atoms with E-state index in [0.29, 0.717) is 0 Å². The van der Waals surface area contributed by atoms with Crippen molar-refractivity contribution in [2.75, 3.05) is 0 Å². The topological polar surface area (TPSA) is 49.3 Å². The lowest BCUT2D eigenvalue weighted by Crippen LogP contribution is -2.34. The van der Waals surface area contributed by atoms with Gasteiger partial charge in [-0.2, -0.15) is 0 Å². The highest BCUT2D eigenvalue weighted by atomic mass is 16.4. The van der Waals surface area contributed by atoms with Crippen LogP contribution in [0, 0.1) is 6.92 Å². The van der Waals surface area contributed by atoms with Gasteiger partial charge < -0.3 is 5.11 Å². The zero-order valence-corrected chi connectivity index (χ0v) is 10.0. The van der Waals surface area contributed by atoms with Gasteiger partial charge in [0.15, 0.2) is 0 Å². The molecule has 2 atom stereocenters. The van der Waals surface area contributed by atoms with Crippen LogP contribution in [0.15, 0.2) is 24.3 Å². The van der Waals surface area contributed by atoms with Gasteiger partial charge in [0.25, 0.3) is 0 Å². The van der Waals surface area contributed by atoms with Gasteiger partial charge in [-0.25, -0.2) is 0 Å². The van der Waals surface area contributed by atoms with E-state index < -0.39 is 12.0 Å². The second kappa shape index (κ2) is 5.66. The van der Waals surface area contributed by atoms with Crippen LogP contribution in [0.25, 0.3) is 0 Å². The van der Waals surface area contributed by atoms with Crippen LogP contribution in [0.3, 0.4) is 0 Å². The van der Waals surface area contributed by atoms with Gasteiger partial charge in [0.1, 0.15) is 6.04 Å². The van der Waals surface area contributed by atoms with Crippen molar-refractivity contribution in [3.63, 3.8) is 0 Å². The van der Waals surface area contributed by atoms with E-state index in [1.165, 1.54) is 0 Å². The lowest BCUT2D eigenvalue weighted by Gasteiger charge is -2.19. The number of carbonyl (C=O) groups is 1. The van der Waals surface area contributed by atoms with Crippen LogP contribution in [0.1, 0.15) is 37.4 Å². The standard InChI is InChI=1S/C13H19NO2/c1-4-10(3)14-12(13(15)16)11-7-5-6-9(2)8-11/h5-8,10,12,14H,4H2,1-3H3,(H,15,16). The van der Waals surface area contributed by atoms with E-state index in [1.54, 1.807) is 0 Å². The summed E-state index contributed by atoms with van der Waals surface area (Å²) in [5.41, 5.74) is 1.89. The lowest BCUT2D eigenvalue weighted by molar-refractivity contribution is -0.139. The highest BCUT2D eigenvalue weighted by Gasteiger charge is 2.20. The SMILES string of the molecule is CCC(C)NC(C(=O)O)c1cccc(C)c1. The quantitative estimate of drug-likeness (QED) is 0.803. The van der Waals surface area contributed by atoms with Crippen LogP contribution < -0.4 is 5.32 Å². The Balaban J connectivity index is 2.89. The van der Waals surface area contributed by atoms with Crippen LogP contribution in [0.4, 0.5) is 0 Å². The summed E-state index contributed by atoms with van der Waals surface area (Å²) in [4.78, 5) is 11.2. The minimum absolute atomic E-state index is 0.196. The number of benzene rings is 1. The molecule has 1 rings (SSSR count). The van der Waals surface area contributed by atoms with Crippen molar-refractivity contribution < 1.29 is 9.90 Å². The van der Waals surface area contributed by atoms with Gasteiger partial charge in [0, 0.05) is 6.04 Å². The summed E-state index contributed by atoms with van der Waals surface area (Å²) in [6.07, 6.45) is 0.912. The van der Waals surface area contributed by atoms with E-state index in [-0.39, 0.29) is 6.04 Å². The third-order valence-electron chi connectivity index (χ3n) is 2.69. The Kier molecular flexibility index (Phi) is 4.50. The van der Waals surface area contributed by atoms with E-state index in [9.17, 15) is 9.90 Å². The molecule has 0 spiro atoms. The van der Waals surface area contributed by atoms with E-state index in [2.05, 4.69) is 5.32 Å². The molecule has 3 nitrogen and oxygen atoms in total. The van der Waals surface area contributed by atoms with Crippen LogP contribution in [0.2, 0.25) is 0 Å². The number of carboxylic acids is 1. The average molecular weight is 221 g/mol. The number of hydrogen-bond donors (Lipinski definition) is 2. The Morgan fingerprint density at radius 2 is 2.19 bits per heavy atom. The first kappa shape index (κ1) is 12.7. The molecule has 0 aliphatic rings. The predicted octanol–water partition coefficient (Wildman–Crippen LogP) is 2.51. The van der Waals surface area contributed by atoms with Crippen molar-refractivity contribution in [2.45, 2.75) is 39.3 Å². The van der Waals surface area contributed by atoms with Crippen LogP contribution >= 0.6 is 0 Å². The molecule has 0 amide bonds. The smallest absolute Gasteiger partial charge is 0.325 e. The Bertz CT molecular complexity index is 363. The van der Waals surface area contributed by atoms with Gasteiger partial charge in [-0.3, -0.25) is 10.1 Å². The number of rotatable bonds is 5. The first-order valence-electron chi connectivity index (χ1n) is 5.60. The van der Waals surface area contributed by atoms with Crippen LogP contribution in [-0.4, -0.2) is 17.1 Å². The summed E-state index contributed by atoms with van der Waals surface area (Å²) in [7, 11) is 0. The van der Waals surface area contributed by atoms with E-state index in [0.717, 1.165) is 17.5 Å². The molecule has 16 heavy (non-hydrogen) atoms. The predicted molar refractivity (Wildman–Crippen MR) is 64.4 cm³/mol. The summed E-state index contributed by atoms with van der Waals surface area (Å²) in [6, 6.07) is 7.19. The Morgan fingerprint density at radius 3 is 2.69 bits per heavy atom. The third kappa shape index (κ3) is 3.35. The minimum Gasteiger partial charge on any atom is -0.480 e. The van der Waals surface area contributed by atoms with Crippen LogP contribution in [-0.2, 0) is 4.79 Å². The molecule has 1 aromatic carbocycles. The molecule has 0 saturated carbocycles. The first-order valence-corrected chi connectivity index (χ1v) is 5.60. The number of hydrogen-bond acceptors (Lipinski definition) is 2. The fourth-order valence-electron chi connectivity index (χ4n) is 1.56. The summed E-state index contributed by atoms with van der Waals surface area (Å²) in [5, 5.41) is 12.3. The molecule has 0 aliphatic heterocycles. The molecular formula is C13H19NO2. The monoisotopic (exact) mass is 221 g/mol. The van der Waals surface area contributed by atoms with Crippen molar-refractivity contribution >= 4 is 5.97 Å². The second-order valence-electron chi connectivity index (χ2n) is 4.16. The van der Waals surface area contributed by atoms with Gasteiger partial charge in [-0.1, -0.05) is 36.8 Å². The molecule has 0 fully saturated rings. The molecule has 0 radical (unpaired) electrons. The molecule has 0 saturated heterocycles. The van der Waals surface area contributed by atoms with Gasteiger partial charge in [-0.15, -0.1) is 0 Å². The third-order valence-corrected chi connectivity index (χ3v) is 2.69. The van der Waals surface area contributed by atoms with Crippen molar-refractivity contribution in [3.8, 4) is 0 Å². The molecule has 0 aliphatic carbocycles. The fourth-order valence-corrected chi connectivity index (χ4v) is 1.56. The number of carboxylic acid groups (broad SMARTS) is 1. The highest BCUT2D eigenvalue weighted by Crippen LogP contribution is 2.16. The van der Waals surface area contributed by atoms with Crippen molar-refractivity contribution in [1.29, 1.82) is 0 Å². The van der Waals surface area contributed by atoms with Crippen molar-refractivity contribution in [3.05, 3.63) is 35.4 Å². The van der Waals surface area contributed by atoms with E-state index in [1.807, 2.05) is 45.0 Å². The molecule has 2 unspecified atom stereocenters. The zero-order chi connectivity index (χ0) is 12.1. The molecule has 3 heteroatoms. The van der Waals surface area contributed by atoms with Crippen molar-refractivity contribution in [1.82, 2.24) is 5.32 Å². The zero-order valence-electron chi connectivity index (χ0n) is 10.0. The summed E-state index contributed by atoms with van der Waals surface area (Å²) in [5.74, 6) is -0.828. The molecule has 0 heterocycles.